The molecule has 32 heavy (non-hydrogen) atoms. The third kappa shape index (κ3) is 5.41. The Morgan fingerprint density at radius 3 is 2.31 bits per heavy atom. The van der Waals surface area contributed by atoms with Gasteiger partial charge in [0.1, 0.15) is 5.75 Å². The predicted molar refractivity (Wildman–Crippen MR) is 123 cm³/mol. The number of aromatic amines is 1. The second-order valence-corrected chi connectivity index (χ2v) is 8.65. The number of aryl methyl sites for hydroxylation is 4. The number of imidazole rings is 1. The minimum atomic E-state index is -1.30. The lowest BCUT2D eigenvalue weighted by Crippen LogP contribution is -2.37. The molecule has 0 saturated heterocycles. The van der Waals surface area contributed by atoms with E-state index in [1.54, 1.807) is 12.1 Å². The second kappa shape index (κ2) is 9.34. The number of carboxylic acids is 1. The highest BCUT2D eigenvalue weighted by molar-refractivity contribution is 5.76. The molecule has 0 radical (unpaired) electrons. The number of ether oxygens (including phenoxy) is 1. The first-order valence-corrected chi connectivity index (χ1v) is 10.6. The number of hydrogen-bond acceptors (Lipinski definition) is 4. The Bertz CT molecular complexity index is 1160. The van der Waals surface area contributed by atoms with E-state index in [0.29, 0.717) is 24.4 Å². The lowest BCUT2D eigenvalue weighted by molar-refractivity contribution is -0.152. The summed E-state index contributed by atoms with van der Waals surface area (Å²) in [6, 6.07) is 13.3. The number of nitrogens with one attached hydrogen (secondary N) is 1. The van der Waals surface area contributed by atoms with Crippen molar-refractivity contribution in [1.82, 2.24) is 9.55 Å². The molecule has 0 spiro atoms. The van der Waals surface area contributed by atoms with Gasteiger partial charge in [0.15, 0.2) is 5.60 Å². The van der Waals surface area contributed by atoms with Crippen LogP contribution >= 0.6 is 0 Å². The first kappa shape index (κ1) is 23.2. The first-order valence-electron chi connectivity index (χ1n) is 10.6. The summed E-state index contributed by atoms with van der Waals surface area (Å²) in [6.07, 6.45) is 2.01. The minimum absolute atomic E-state index is 0.0205. The molecule has 0 bridgehead atoms. The Morgan fingerprint density at radius 2 is 1.69 bits per heavy atom. The molecule has 0 aliphatic rings. The molecule has 170 valence electrons. The molecule has 7 heteroatoms. The number of H-pyrrole nitrogens is 1. The summed E-state index contributed by atoms with van der Waals surface area (Å²) in [5, 5.41) is 19.7. The van der Waals surface area contributed by atoms with Crippen LogP contribution in [0.5, 0.6) is 11.6 Å². The predicted octanol–water partition coefficient (Wildman–Crippen LogP) is 3.96. The van der Waals surface area contributed by atoms with Crippen LogP contribution in [-0.2, 0) is 24.2 Å². The van der Waals surface area contributed by atoms with Crippen LogP contribution < -0.4 is 10.4 Å². The van der Waals surface area contributed by atoms with E-state index >= 15 is 0 Å². The Morgan fingerprint density at radius 1 is 1.03 bits per heavy atom. The number of carbonyl (C=O) groups is 1. The molecule has 0 atom stereocenters. The van der Waals surface area contributed by atoms with Gasteiger partial charge in [-0.05, 0) is 81.3 Å². The van der Waals surface area contributed by atoms with Gasteiger partial charge in [0, 0.05) is 0 Å². The van der Waals surface area contributed by atoms with E-state index in [-0.39, 0.29) is 11.6 Å². The number of benzene rings is 2. The van der Waals surface area contributed by atoms with E-state index in [1.165, 1.54) is 24.0 Å². The fourth-order valence-corrected chi connectivity index (χ4v) is 3.45. The Kier molecular flexibility index (Phi) is 6.77. The van der Waals surface area contributed by atoms with Crippen molar-refractivity contribution >= 4 is 5.97 Å². The van der Waals surface area contributed by atoms with E-state index in [2.05, 4.69) is 4.98 Å². The number of aromatic nitrogens is 2. The van der Waals surface area contributed by atoms with Crippen molar-refractivity contribution in [3.05, 3.63) is 80.9 Å². The van der Waals surface area contributed by atoms with Crippen LogP contribution in [0.4, 0.5) is 0 Å². The fraction of sp³-hybridized carbons (Fsp3) is 0.360. The highest BCUT2D eigenvalue weighted by Crippen LogP contribution is 2.21. The van der Waals surface area contributed by atoms with Crippen LogP contribution in [0.1, 0.15) is 48.2 Å². The standard InChI is InChI=1S/C25H30N2O5/c1-16-8-9-19(14-17(16)2)15-27-22(28)21(26-24(27)31)7-5-6-18-10-12-20(13-11-18)32-25(3,4)23(29)30/h8-14,28H,5-7,15H2,1-4H3,(H,26,31)(H,29,30). The number of aromatic hydroxyl groups is 1. The zero-order chi connectivity index (χ0) is 23.5. The quantitative estimate of drug-likeness (QED) is 0.469. The van der Waals surface area contributed by atoms with Crippen LogP contribution in [-0.4, -0.2) is 31.3 Å². The molecule has 0 amide bonds. The largest absolute Gasteiger partial charge is 0.493 e. The molecule has 0 unspecified atom stereocenters. The lowest BCUT2D eigenvalue weighted by atomic mass is 10.1. The first-order chi connectivity index (χ1) is 15.1. The topological polar surface area (TPSA) is 105 Å². The smallest absolute Gasteiger partial charge is 0.347 e. The maximum atomic E-state index is 12.3. The van der Waals surface area contributed by atoms with Gasteiger partial charge in [-0.3, -0.25) is 4.57 Å². The van der Waals surface area contributed by atoms with Crippen molar-refractivity contribution in [3.8, 4) is 11.6 Å². The van der Waals surface area contributed by atoms with Crippen LogP contribution in [0.25, 0.3) is 0 Å². The highest BCUT2D eigenvalue weighted by atomic mass is 16.5. The maximum Gasteiger partial charge on any atom is 0.347 e. The molecular formula is C25H30N2O5. The molecule has 0 aliphatic carbocycles. The summed E-state index contributed by atoms with van der Waals surface area (Å²) in [7, 11) is 0. The highest BCUT2D eigenvalue weighted by Gasteiger charge is 2.29. The van der Waals surface area contributed by atoms with Gasteiger partial charge in [-0.25, -0.2) is 9.59 Å². The Balaban J connectivity index is 1.59. The van der Waals surface area contributed by atoms with E-state index in [1.807, 2.05) is 44.2 Å². The summed E-state index contributed by atoms with van der Waals surface area (Å²) in [5.41, 5.74) is 3.26. The molecule has 2 aromatic carbocycles. The molecule has 7 nitrogen and oxygen atoms in total. The number of hydrogen-bond donors (Lipinski definition) is 3. The Labute approximate surface area is 187 Å². The molecule has 3 rings (SSSR count). The summed E-state index contributed by atoms with van der Waals surface area (Å²) in [6.45, 7) is 7.38. The van der Waals surface area contributed by atoms with Gasteiger partial charge in [-0.1, -0.05) is 30.3 Å². The third-order valence-corrected chi connectivity index (χ3v) is 5.64. The second-order valence-electron chi connectivity index (χ2n) is 8.65. The number of nitrogens with zero attached hydrogens (tertiary/aromatic N) is 1. The van der Waals surface area contributed by atoms with Gasteiger partial charge in [-0.2, -0.15) is 0 Å². The van der Waals surface area contributed by atoms with E-state index < -0.39 is 11.6 Å². The van der Waals surface area contributed by atoms with E-state index in [9.17, 15) is 14.7 Å². The van der Waals surface area contributed by atoms with Crippen molar-refractivity contribution in [2.75, 3.05) is 0 Å². The SMILES string of the molecule is Cc1ccc(Cn2c(O)c(CCCc3ccc(OC(C)(C)C(=O)O)cc3)[nH]c2=O)cc1C. The average Bonchev–Trinajstić information content (AvgIpc) is 2.99. The van der Waals surface area contributed by atoms with E-state index in [0.717, 1.165) is 29.5 Å². The summed E-state index contributed by atoms with van der Waals surface area (Å²) in [4.78, 5) is 26.3. The third-order valence-electron chi connectivity index (χ3n) is 5.64. The van der Waals surface area contributed by atoms with Crippen LogP contribution in [0.15, 0.2) is 47.3 Å². The maximum absolute atomic E-state index is 12.3. The van der Waals surface area contributed by atoms with Crippen LogP contribution in [0.2, 0.25) is 0 Å². The molecule has 0 fully saturated rings. The molecular weight excluding hydrogens is 408 g/mol. The summed E-state index contributed by atoms with van der Waals surface area (Å²) in [5.74, 6) is -0.556. The van der Waals surface area contributed by atoms with E-state index in [4.69, 9.17) is 9.84 Å². The van der Waals surface area contributed by atoms with Crippen molar-refractivity contribution in [1.29, 1.82) is 0 Å². The van der Waals surface area contributed by atoms with Gasteiger partial charge < -0.3 is 19.9 Å². The zero-order valence-electron chi connectivity index (χ0n) is 18.9. The zero-order valence-corrected chi connectivity index (χ0v) is 18.9. The normalized spacial score (nSPS) is 11.5. The monoisotopic (exact) mass is 438 g/mol. The Hall–Kier alpha value is -3.48. The van der Waals surface area contributed by atoms with Gasteiger partial charge in [0.25, 0.3) is 0 Å². The number of carboxylic acid groups (broad SMARTS) is 1. The minimum Gasteiger partial charge on any atom is -0.493 e. The molecule has 0 saturated carbocycles. The average molecular weight is 439 g/mol. The lowest BCUT2D eigenvalue weighted by Gasteiger charge is -2.21. The van der Waals surface area contributed by atoms with Crippen molar-refractivity contribution < 1.29 is 19.7 Å². The molecule has 1 heterocycles. The number of rotatable bonds is 9. The van der Waals surface area contributed by atoms with Crippen LogP contribution in [0.3, 0.4) is 0 Å². The van der Waals surface area contributed by atoms with Gasteiger partial charge in [0.2, 0.25) is 5.88 Å². The fourth-order valence-electron chi connectivity index (χ4n) is 3.45. The molecule has 3 aromatic rings. The van der Waals surface area contributed by atoms with Gasteiger partial charge >= 0.3 is 11.7 Å². The van der Waals surface area contributed by atoms with Gasteiger partial charge in [-0.15, -0.1) is 0 Å². The number of aliphatic carboxylic acids is 1. The van der Waals surface area contributed by atoms with Gasteiger partial charge in [0.05, 0.1) is 12.2 Å². The van der Waals surface area contributed by atoms with Crippen molar-refractivity contribution in [3.63, 3.8) is 0 Å². The van der Waals surface area contributed by atoms with Crippen molar-refractivity contribution in [2.45, 2.75) is 59.1 Å². The summed E-state index contributed by atoms with van der Waals surface area (Å²) >= 11 is 0. The summed E-state index contributed by atoms with van der Waals surface area (Å²) < 4.78 is 6.87. The molecule has 3 N–H and O–H groups in total. The molecule has 1 aromatic heterocycles. The molecule has 0 aliphatic heterocycles. The van der Waals surface area contributed by atoms with Crippen LogP contribution in [0, 0.1) is 13.8 Å². The van der Waals surface area contributed by atoms with Crippen molar-refractivity contribution in [2.24, 2.45) is 0 Å².